The van der Waals surface area contributed by atoms with Gasteiger partial charge in [0, 0.05) is 29.8 Å². The van der Waals surface area contributed by atoms with Crippen molar-refractivity contribution in [1.82, 2.24) is 5.32 Å². The van der Waals surface area contributed by atoms with E-state index in [4.69, 9.17) is 9.88 Å². The number of morpholine rings is 1. The molecule has 3 N–H and O–H groups in total. The molecular weight excluding hydrogens is 453 g/mol. The average Bonchev–Trinajstić information content (AvgIpc) is 2.65. The molecule has 28 heavy (non-hydrogen) atoms. The number of hydrogen-bond donors (Lipinski definition) is 2. The minimum Gasteiger partial charge on any atom is -0.378 e. The van der Waals surface area contributed by atoms with Crippen molar-refractivity contribution < 1.29 is 22.3 Å². The van der Waals surface area contributed by atoms with E-state index in [9.17, 15) is 17.6 Å². The number of sulfonamides is 1. The fourth-order valence-electron chi connectivity index (χ4n) is 2.94. The number of nitrogens with two attached hydrogens (primary N) is 1. The first-order valence-electron chi connectivity index (χ1n) is 8.47. The predicted octanol–water partition coefficient (Wildman–Crippen LogP) is 2.00. The molecule has 0 aliphatic carbocycles. The van der Waals surface area contributed by atoms with Gasteiger partial charge in [0.15, 0.2) is 0 Å². The Bertz CT molecular complexity index is 974. The van der Waals surface area contributed by atoms with Crippen molar-refractivity contribution in [3.63, 3.8) is 0 Å². The highest BCUT2D eigenvalue weighted by Crippen LogP contribution is 2.25. The minimum absolute atomic E-state index is 0.0807. The van der Waals surface area contributed by atoms with Gasteiger partial charge in [-0.15, -0.1) is 0 Å². The lowest BCUT2D eigenvalue weighted by molar-refractivity contribution is 0.0949. The molecule has 0 saturated carbocycles. The average molecular weight is 472 g/mol. The van der Waals surface area contributed by atoms with Crippen LogP contribution < -0.4 is 15.4 Å². The molecule has 2 aromatic carbocycles. The maximum Gasteiger partial charge on any atom is 0.253 e. The molecule has 0 aromatic heterocycles. The highest BCUT2D eigenvalue weighted by atomic mass is 79.9. The smallest absolute Gasteiger partial charge is 0.253 e. The van der Waals surface area contributed by atoms with Crippen LogP contribution in [-0.2, 0) is 21.3 Å². The number of nitrogens with one attached hydrogen (secondary N) is 1. The van der Waals surface area contributed by atoms with Gasteiger partial charge in [-0.1, -0.05) is 15.9 Å². The molecule has 10 heteroatoms. The molecule has 0 bridgehead atoms. The number of nitrogens with zero attached hydrogens (tertiary/aromatic N) is 1. The Morgan fingerprint density at radius 2 is 1.93 bits per heavy atom. The van der Waals surface area contributed by atoms with Gasteiger partial charge in [-0.2, -0.15) is 0 Å². The van der Waals surface area contributed by atoms with Gasteiger partial charge < -0.3 is 15.0 Å². The molecule has 2 aromatic rings. The highest BCUT2D eigenvalue weighted by Gasteiger charge is 2.21. The number of rotatable bonds is 5. The lowest BCUT2D eigenvalue weighted by Crippen LogP contribution is -2.38. The molecule has 0 spiro atoms. The molecule has 1 heterocycles. The number of amides is 1. The van der Waals surface area contributed by atoms with Crippen LogP contribution in [0, 0.1) is 5.82 Å². The summed E-state index contributed by atoms with van der Waals surface area (Å²) in [5.41, 5.74) is 1.34. The zero-order valence-electron chi connectivity index (χ0n) is 14.8. The predicted molar refractivity (Wildman–Crippen MR) is 106 cm³/mol. The summed E-state index contributed by atoms with van der Waals surface area (Å²) in [5, 5.41) is 7.92. The van der Waals surface area contributed by atoms with E-state index >= 15 is 0 Å². The number of primary sulfonamides is 1. The monoisotopic (exact) mass is 471 g/mol. The van der Waals surface area contributed by atoms with Crippen LogP contribution >= 0.6 is 15.9 Å². The molecule has 7 nitrogen and oxygen atoms in total. The van der Waals surface area contributed by atoms with E-state index in [0.717, 1.165) is 0 Å². The molecule has 1 aliphatic heterocycles. The van der Waals surface area contributed by atoms with Crippen molar-refractivity contribution in [3.8, 4) is 0 Å². The van der Waals surface area contributed by atoms with Crippen molar-refractivity contribution in [2.75, 3.05) is 31.2 Å². The van der Waals surface area contributed by atoms with Crippen LogP contribution in [0.4, 0.5) is 10.1 Å². The summed E-state index contributed by atoms with van der Waals surface area (Å²) in [6.45, 7) is 2.25. The standard InChI is InChI=1S/C18H19BrFN3O4S/c19-13-7-12(8-14(20)9-13)11-22-18(24)16-10-15(28(21,25)26)1-2-17(16)23-3-5-27-6-4-23/h1-2,7-10H,3-6,11H2,(H,22,24)(H2,21,25,26). The summed E-state index contributed by atoms with van der Waals surface area (Å²) in [6, 6.07) is 8.52. The first kappa shape index (κ1) is 20.7. The quantitative estimate of drug-likeness (QED) is 0.694. The molecule has 3 rings (SSSR count). The number of carbonyl (C=O) groups excluding carboxylic acids is 1. The molecular formula is C18H19BrFN3O4S. The SMILES string of the molecule is NS(=O)(=O)c1ccc(N2CCOCC2)c(C(=O)NCc2cc(F)cc(Br)c2)c1. The number of hydrogen-bond acceptors (Lipinski definition) is 5. The Morgan fingerprint density at radius 1 is 1.21 bits per heavy atom. The first-order chi connectivity index (χ1) is 13.2. The van der Waals surface area contributed by atoms with E-state index in [1.807, 2.05) is 4.90 Å². The largest absolute Gasteiger partial charge is 0.378 e. The summed E-state index contributed by atoms with van der Waals surface area (Å²) in [5.74, 6) is -0.906. The lowest BCUT2D eigenvalue weighted by atomic mass is 10.1. The van der Waals surface area contributed by atoms with Crippen molar-refractivity contribution in [1.29, 1.82) is 0 Å². The van der Waals surface area contributed by atoms with Gasteiger partial charge >= 0.3 is 0 Å². The molecule has 150 valence electrons. The third-order valence-corrected chi connectivity index (χ3v) is 5.64. The van der Waals surface area contributed by atoms with Crippen LogP contribution in [-0.4, -0.2) is 40.6 Å². The number of anilines is 1. The van der Waals surface area contributed by atoms with Gasteiger partial charge in [-0.3, -0.25) is 4.79 Å². The van der Waals surface area contributed by atoms with E-state index in [1.165, 1.54) is 24.3 Å². The fourth-order valence-corrected chi connectivity index (χ4v) is 4.00. The number of halogens is 2. The number of ether oxygens (including phenoxy) is 1. The van der Waals surface area contributed by atoms with Crippen molar-refractivity contribution in [2.24, 2.45) is 5.14 Å². The van der Waals surface area contributed by atoms with Crippen molar-refractivity contribution >= 4 is 37.5 Å². The molecule has 0 unspecified atom stereocenters. The molecule has 1 aliphatic rings. The third kappa shape index (κ3) is 5.07. The van der Waals surface area contributed by atoms with Gasteiger partial charge in [0.05, 0.1) is 23.7 Å². The van der Waals surface area contributed by atoms with Crippen LogP contribution in [0.5, 0.6) is 0 Å². The highest BCUT2D eigenvalue weighted by molar-refractivity contribution is 9.10. The van der Waals surface area contributed by atoms with Crippen LogP contribution in [0.3, 0.4) is 0 Å². The zero-order valence-corrected chi connectivity index (χ0v) is 17.2. The minimum atomic E-state index is -3.96. The summed E-state index contributed by atoms with van der Waals surface area (Å²) in [4.78, 5) is 14.6. The second kappa shape index (κ2) is 8.56. The molecule has 1 fully saturated rings. The first-order valence-corrected chi connectivity index (χ1v) is 10.8. The second-order valence-electron chi connectivity index (χ2n) is 6.28. The Kier molecular flexibility index (Phi) is 6.33. The van der Waals surface area contributed by atoms with Crippen molar-refractivity contribution in [2.45, 2.75) is 11.4 Å². The van der Waals surface area contributed by atoms with Gasteiger partial charge in [-0.05, 0) is 42.0 Å². The summed E-state index contributed by atoms with van der Waals surface area (Å²) in [6.07, 6.45) is 0. The van der Waals surface area contributed by atoms with E-state index < -0.39 is 21.7 Å². The second-order valence-corrected chi connectivity index (χ2v) is 8.76. The normalized spacial score (nSPS) is 14.8. The lowest BCUT2D eigenvalue weighted by Gasteiger charge is -2.30. The zero-order chi connectivity index (χ0) is 20.3. The maximum atomic E-state index is 13.5. The number of benzene rings is 2. The topological polar surface area (TPSA) is 102 Å². The Balaban J connectivity index is 1.89. The Labute approximate surface area is 170 Å². The summed E-state index contributed by atoms with van der Waals surface area (Å²) < 4.78 is 42.8. The summed E-state index contributed by atoms with van der Waals surface area (Å²) >= 11 is 3.21. The molecule has 1 amide bonds. The van der Waals surface area contributed by atoms with E-state index in [-0.39, 0.29) is 17.0 Å². The van der Waals surface area contributed by atoms with Gasteiger partial charge in [0.1, 0.15) is 5.82 Å². The maximum absolute atomic E-state index is 13.5. The van der Waals surface area contributed by atoms with Gasteiger partial charge in [0.25, 0.3) is 5.91 Å². The van der Waals surface area contributed by atoms with Crippen LogP contribution in [0.1, 0.15) is 15.9 Å². The Hall–Kier alpha value is -2.01. The van der Waals surface area contributed by atoms with Crippen molar-refractivity contribution in [3.05, 3.63) is 57.8 Å². The molecule has 0 radical (unpaired) electrons. The number of carbonyl (C=O) groups is 1. The molecule has 1 saturated heterocycles. The fraction of sp³-hybridized carbons (Fsp3) is 0.278. The third-order valence-electron chi connectivity index (χ3n) is 4.27. The van der Waals surface area contributed by atoms with Gasteiger partial charge in [-0.25, -0.2) is 17.9 Å². The van der Waals surface area contributed by atoms with E-state index in [0.29, 0.717) is 42.0 Å². The van der Waals surface area contributed by atoms with E-state index in [1.54, 1.807) is 12.1 Å². The van der Waals surface area contributed by atoms with Crippen LogP contribution in [0.15, 0.2) is 45.8 Å². The van der Waals surface area contributed by atoms with E-state index in [2.05, 4.69) is 21.2 Å². The molecule has 0 atom stereocenters. The van der Waals surface area contributed by atoms with Crippen LogP contribution in [0.2, 0.25) is 0 Å². The van der Waals surface area contributed by atoms with Crippen LogP contribution in [0.25, 0.3) is 0 Å². The Morgan fingerprint density at radius 3 is 2.57 bits per heavy atom. The van der Waals surface area contributed by atoms with Gasteiger partial charge in [0.2, 0.25) is 10.0 Å². The summed E-state index contributed by atoms with van der Waals surface area (Å²) in [7, 11) is -3.96.